The molecule has 9 heteroatoms. The summed E-state index contributed by atoms with van der Waals surface area (Å²) in [6, 6.07) is 16.0. The maximum atomic E-state index is 12.4. The van der Waals surface area contributed by atoms with Crippen molar-refractivity contribution in [3.8, 4) is 5.75 Å². The number of ether oxygens (including phenoxy) is 2. The number of rotatable bonds is 9. The number of methoxy groups -OCH3 is 1. The van der Waals surface area contributed by atoms with E-state index in [1.165, 1.54) is 4.70 Å². The van der Waals surface area contributed by atoms with Crippen LogP contribution in [0.1, 0.15) is 12.8 Å². The minimum atomic E-state index is -0.329. The molecule has 174 valence electrons. The van der Waals surface area contributed by atoms with Crippen molar-refractivity contribution in [1.82, 2.24) is 9.88 Å². The van der Waals surface area contributed by atoms with Crippen LogP contribution in [0.2, 0.25) is 0 Å². The van der Waals surface area contributed by atoms with Gasteiger partial charge in [0.05, 0.1) is 17.3 Å². The molecule has 0 N–H and O–H groups in total. The van der Waals surface area contributed by atoms with Crippen LogP contribution < -0.4 is 9.64 Å². The molecule has 1 aliphatic rings. The molecule has 0 spiro atoms. The minimum absolute atomic E-state index is 0.137. The number of anilines is 1. The number of hydrogen-bond acceptors (Lipinski definition) is 8. The molecule has 4 rings (SSSR count). The second-order valence-corrected chi connectivity index (χ2v) is 10.00. The number of thioether (sulfide) groups is 1. The van der Waals surface area contributed by atoms with Gasteiger partial charge in [0.25, 0.3) is 5.91 Å². The topological polar surface area (TPSA) is 72.0 Å². The number of para-hydroxylation sites is 1. The van der Waals surface area contributed by atoms with Crippen molar-refractivity contribution in [2.75, 3.05) is 50.5 Å². The summed E-state index contributed by atoms with van der Waals surface area (Å²) < 4.78 is 12.6. The van der Waals surface area contributed by atoms with Gasteiger partial charge in [-0.15, -0.1) is 11.3 Å². The Morgan fingerprint density at radius 1 is 1.06 bits per heavy atom. The van der Waals surface area contributed by atoms with Crippen LogP contribution in [0.3, 0.4) is 0 Å². The van der Waals surface area contributed by atoms with Crippen molar-refractivity contribution in [2.24, 2.45) is 0 Å². The average molecular weight is 486 g/mol. The van der Waals surface area contributed by atoms with E-state index in [9.17, 15) is 9.59 Å². The Bertz CT molecular complexity index is 1050. The normalized spacial score (nSPS) is 13.8. The highest BCUT2D eigenvalue weighted by atomic mass is 32.2. The Morgan fingerprint density at radius 3 is 2.55 bits per heavy atom. The molecule has 1 saturated heterocycles. The number of carbonyl (C=O) groups excluding carboxylic acids is 2. The van der Waals surface area contributed by atoms with E-state index in [0.717, 1.165) is 40.1 Å². The first-order valence-corrected chi connectivity index (χ1v) is 12.7. The van der Waals surface area contributed by atoms with Crippen LogP contribution >= 0.6 is 23.1 Å². The zero-order valence-electron chi connectivity index (χ0n) is 18.6. The Balaban J connectivity index is 1.11. The summed E-state index contributed by atoms with van der Waals surface area (Å²) in [6.07, 6.45) is 0.991. The van der Waals surface area contributed by atoms with Gasteiger partial charge in [0.1, 0.15) is 5.75 Å². The lowest BCUT2D eigenvalue weighted by Gasteiger charge is -2.36. The highest BCUT2D eigenvalue weighted by molar-refractivity contribution is 8.01. The lowest BCUT2D eigenvalue weighted by atomic mass is 10.2. The standard InChI is InChI=1S/C24H27N3O4S2/c1-30-19-10-8-18(9-11-19)26-12-14-27(15-13-26)22(28)17-31-23(29)7-4-16-32-24-25-20-5-2-3-6-21(20)33-24/h2-3,5-6,8-11H,4,7,12-17H2,1H3. The zero-order chi connectivity index (χ0) is 23.0. The van der Waals surface area contributed by atoms with Gasteiger partial charge in [0.2, 0.25) is 0 Å². The van der Waals surface area contributed by atoms with E-state index < -0.39 is 0 Å². The van der Waals surface area contributed by atoms with Crippen molar-refractivity contribution in [1.29, 1.82) is 0 Å². The van der Waals surface area contributed by atoms with Gasteiger partial charge in [0, 0.05) is 44.0 Å². The van der Waals surface area contributed by atoms with Crippen LogP contribution in [0.4, 0.5) is 5.69 Å². The lowest BCUT2D eigenvalue weighted by molar-refractivity contribution is -0.152. The fourth-order valence-corrected chi connectivity index (χ4v) is 5.68. The number of amides is 1. The van der Waals surface area contributed by atoms with Crippen LogP contribution in [-0.4, -0.2) is 67.4 Å². The van der Waals surface area contributed by atoms with Crippen LogP contribution in [-0.2, 0) is 14.3 Å². The van der Waals surface area contributed by atoms with Gasteiger partial charge in [-0.1, -0.05) is 23.9 Å². The molecule has 0 atom stereocenters. The summed E-state index contributed by atoms with van der Waals surface area (Å²) in [6.45, 7) is 2.53. The van der Waals surface area contributed by atoms with Gasteiger partial charge >= 0.3 is 5.97 Å². The SMILES string of the molecule is COc1ccc(N2CCN(C(=O)COC(=O)CCCSc3nc4ccccc4s3)CC2)cc1. The molecule has 0 radical (unpaired) electrons. The molecule has 0 aliphatic carbocycles. The molecule has 1 aliphatic heterocycles. The number of carbonyl (C=O) groups is 2. The quantitative estimate of drug-likeness (QED) is 0.257. The number of piperazine rings is 1. The minimum Gasteiger partial charge on any atom is -0.497 e. The third kappa shape index (κ3) is 6.39. The van der Waals surface area contributed by atoms with Gasteiger partial charge in [-0.3, -0.25) is 9.59 Å². The highest BCUT2D eigenvalue weighted by Crippen LogP contribution is 2.29. The summed E-state index contributed by atoms with van der Waals surface area (Å²) in [7, 11) is 1.65. The number of benzene rings is 2. The van der Waals surface area contributed by atoms with E-state index in [0.29, 0.717) is 25.9 Å². The van der Waals surface area contributed by atoms with Crippen LogP contribution in [0, 0.1) is 0 Å². The molecule has 0 saturated carbocycles. The Morgan fingerprint density at radius 2 is 1.82 bits per heavy atom. The van der Waals surface area contributed by atoms with Crippen molar-refractivity contribution in [2.45, 2.75) is 17.2 Å². The smallest absolute Gasteiger partial charge is 0.306 e. The zero-order valence-corrected chi connectivity index (χ0v) is 20.2. The van der Waals surface area contributed by atoms with Crippen molar-refractivity contribution >= 4 is 50.9 Å². The number of fused-ring (bicyclic) bond motifs is 1. The van der Waals surface area contributed by atoms with Crippen molar-refractivity contribution < 1.29 is 19.1 Å². The average Bonchev–Trinajstić information content (AvgIpc) is 3.28. The third-order valence-corrected chi connectivity index (χ3v) is 7.72. The lowest BCUT2D eigenvalue weighted by Crippen LogP contribution is -2.49. The van der Waals surface area contributed by atoms with Gasteiger partial charge in [-0.05, 0) is 42.8 Å². The first-order chi connectivity index (χ1) is 16.1. The molecular weight excluding hydrogens is 458 g/mol. The van der Waals surface area contributed by atoms with Crippen molar-refractivity contribution in [3.05, 3.63) is 48.5 Å². The number of nitrogens with zero attached hydrogens (tertiary/aromatic N) is 3. The summed E-state index contributed by atoms with van der Waals surface area (Å²) >= 11 is 3.31. The molecule has 33 heavy (non-hydrogen) atoms. The van der Waals surface area contributed by atoms with E-state index >= 15 is 0 Å². The fraction of sp³-hybridized carbons (Fsp3) is 0.375. The van der Waals surface area contributed by atoms with E-state index in [1.807, 2.05) is 42.5 Å². The van der Waals surface area contributed by atoms with Crippen LogP contribution in [0.5, 0.6) is 5.75 Å². The number of aromatic nitrogens is 1. The molecule has 2 heterocycles. The fourth-order valence-electron chi connectivity index (χ4n) is 3.60. The third-order valence-electron chi connectivity index (χ3n) is 5.45. The molecule has 0 unspecified atom stereocenters. The molecule has 0 bridgehead atoms. The highest BCUT2D eigenvalue weighted by Gasteiger charge is 2.22. The number of hydrogen-bond donors (Lipinski definition) is 0. The number of esters is 1. The Labute approximate surface area is 201 Å². The van der Waals surface area contributed by atoms with Crippen molar-refractivity contribution in [3.63, 3.8) is 0 Å². The van der Waals surface area contributed by atoms with Gasteiger partial charge in [-0.2, -0.15) is 0 Å². The van der Waals surface area contributed by atoms with E-state index in [2.05, 4.69) is 16.0 Å². The van der Waals surface area contributed by atoms with Crippen LogP contribution in [0.25, 0.3) is 10.2 Å². The maximum absolute atomic E-state index is 12.4. The van der Waals surface area contributed by atoms with Gasteiger partial charge in [0.15, 0.2) is 10.9 Å². The monoisotopic (exact) mass is 485 g/mol. The van der Waals surface area contributed by atoms with Gasteiger partial charge in [-0.25, -0.2) is 4.98 Å². The first-order valence-electron chi connectivity index (χ1n) is 10.9. The van der Waals surface area contributed by atoms with Crippen LogP contribution in [0.15, 0.2) is 52.9 Å². The maximum Gasteiger partial charge on any atom is 0.306 e. The molecule has 2 aromatic carbocycles. The van der Waals surface area contributed by atoms with Gasteiger partial charge < -0.3 is 19.3 Å². The summed E-state index contributed by atoms with van der Waals surface area (Å²) in [4.78, 5) is 33.0. The molecule has 1 fully saturated rings. The second-order valence-electron chi connectivity index (χ2n) is 7.63. The largest absolute Gasteiger partial charge is 0.497 e. The molecule has 3 aromatic rings. The summed E-state index contributed by atoms with van der Waals surface area (Å²) in [5.41, 5.74) is 2.12. The molecule has 1 aromatic heterocycles. The Kier molecular flexibility index (Phi) is 8.06. The Hall–Kier alpha value is -2.78. The number of thiazole rings is 1. The van der Waals surface area contributed by atoms with E-state index in [1.54, 1.807) is 35.1 Å². The first kappa shape index (κ1) is 23.4. The predicted molar refractivity (Wildman–Crippen MR) is 132 cm³/mol. The molecule has 1 amide bonds. The summed E-state index contributed by atoms with van der Waals surface area (Å²) in [5, 5.41) is 0. The second kappa shape index (κ2) is 11.4. The van der Waals surface area contributed by atoms with E-state index in [-0.39, 0.29) is 18.5 Å². The van der Waals surface area contributed by atoms with E-state index in [4.69, 9.17) is 9.47 Å². The molecule has 7 nitrogen and oxygen atoms in total. The predicted octanol–water partition coefficient (Wildman–Crippen LogP) is 4.07. The molecular formula is C24H27N3O4S2. The summed E-state index contributed by atoms with van der Waals surface area (Å²) in [5.74, 6) is 1.15.